The average molecular weight is 251 g/mol. The number of rotatable bonds is 1. The maximum atomic E-state index is 12.1. The summed E-state index contributed by atoms with van der Waals surface area (Å²) in [6.07, 6.45) is 9.09. The van der Waals surface area contributed by atoms with Gasteiger partial charge in [0.15, 0.2) is 0 Å². The Morgan fingerprint density at radius 1 is 1.17 bits per heavy atom. The van der Waals surface area contributed by atoms with Gasteiger partial charge >= 0.3 is 6.03 Å². The fraction of sp³-hybridized carbons (Fsp3) is 0.929. The number of likely N-dealkylation sites (tertiary alicyclic amines) is 1. The summed E-state index contributed by atoms with van der Waals surface area (Å²) >= 11 is 0. The van der Waals surface area contributed by atoms with E-state index in [-0.39, 0.29) is 6.03 Å². The van der Waals surface area contributed by atoms with Crippen molar-refractivity contribution in [1.29, 1.82) is 0 Å². The zero-order valence-corrected chi connectivity index (χ0v) is 11.2. The zero-order chi connectivity index (χ0) is 12.4. The number of piperidine rings is 1. The summed E-state index contributed by atoms with van der Waals surface area (Å²) < 4.78 is 0. The predicted octanol–water partition coefficient (Wildman–Crippen LogP) is 1.71. The molecule has 18 heavy (non-hydrogen) atoms. The summed E-state index contributed by atoms with van der Waals surface area (Å²) in [5.41, 5.74) is 0.500. The molecule has 2 heterocycles. The fourth-order valence-electron chi connectivity index (χ4n) is 3.77. The molecule has 1 atom stereocenters. The third-order valence-corrected chi connectivity index (χ3v) is 4.88. The predicted molar refractivity (Wildman–Crippen MR) is 71.5 cm³/mol. The molecule has 102 valence electrons. The first kappa shape index (κ1) is 12.3. The Morgan fingerprint density at radius 2 is 1.94 bits per heavy atom. The second-order valence-corrected chi connectivity index (χ2v) is 6.41. The number of amides is 2. The average Bonchev–Trinajstić information content (AvgIpc) is 2.38. The third kappa shape index (κ3) is 2.48. The minimum Gasteiger partial charge on any atom is -0.334 e. The molecule has 0 bridgehead atoms. The molecule has 3 aliphatic rings. The normalized spacial score (nSPS) is 30.9. The molecule has 0 aromatic carbocycles. The number of carbonyl (C=O) groups excluding carboxylic acids is 1. The van der Waals surface area contributed by atoms with Crippen LogP contribution in [-0.2, 0) is 0 Å². The lowest BCUT2D eigenvalue weighted by molar-refractivity contribution is -0.0000969. The Bertz CT molecular complexity index is 298. The van der Waals surface area contributed by atoms with E-state index in [1.165, 1.54) is 38.5 Å². The number of carbonyl (C=O) groups is 1. The third-order valence-electron chi connectivity index (χ3n) is 4.88. The van der Waals surface area contributed by atoms with Crippen LogP contribution in [0.1, 0.15) is 44.9 Å². The summed E-state index contributed by atoms with van der Waals surface area (Å²) in [6, 6.07) is 0.508. The molecule has 1 spiro atoms. The van der Waals surface area contributed by atoms with E-state index in [0.717, 1.165) is 32.6 Å². The molecular formula is C14H25N3O. The summed E-state index contributed by atoms with van der Waals surface area (Å²) in [6.45, 7) is 4.03. The van der Waals surface area contributed by atoms with E-state index in [1.807, 2.05) is 4.90 Å². The van der Waals surface area contributed by atoms with E-state index in [4.69, 9.17) is 0 Å². The van der Waals surface area contributed by atoms with Crippen LogP contribution in [0.4, 0.5) is 4.79 Å². The first-order valence-electron chi connectivity index (χ1n) is 7.54. The zero-order valence-electron chi connectivity index (χ0n) is 11.2. The highest BCUT2D eigenvalue weighted by Crippen LogP contribution is 2.43. The molecule has 0 aromatic heterocycles. The van der Waals surface area contributed by atoms with Gasteiger partial charge in [-0.15, -0.1) is 0 Å². The molecule has 1 saturated carbocycles. The topological polar surface area (TPSA) is 44.4 Å². The molecule has 2 aliphatic heterocycles. The summed E-state index contributed by atoms with van der Waals surface area (Å²) in [4.78, 5) is 14.1. The van der Waals surface area contributed by atoms with Crippen LogP contribution >= 0.6 is 0 Å². The van der Waals surface area contributed by atoms with Crippen LogP contribution in [-0.4, -0.2) is 43.2 Å². The lowest BCUT2D eigenvalue weighted by Crippen LogP contribution is -2.63. The molecular weight excluding hydrogens is 226 g/mol. The van der Waals surface area contributed by atoms with Crippen LogP contribution < -0.4 is 10.6 Å². The van der Waals surface area contributed by atoms with E-state index in [9.17, 15) is 4.79 Å². The molecule has 0 unspecified atom stereocenters. The van der Waals surface area contributed by atoms with Crippen LogP contribution in [0.15, 0.2) is 0 Å². The van der Waals surface area contributed by atoms with E-state index >= 15 is 0 Å². The molecule has 4 nitrogen and oxygen atoms in total. The van der Waals surface area contributed by atoms with Crippen molar-refractivity contribution in [2.24, 2.45) is 5.41 Å². The smallest absolute Gasteiger partial charge is 0.317 e. The Labute approximate surface area is 109 Å². The summed E-state index contributed by atoms with van der Waals surface area (Å²) in [5, 5.41) is 6.51. The van der Waals surface area contributed by atoms with E-state index < -0.39 is 0 Å². The van der Waals surface area contributed by atoms with Crippen molar-refractivity contribution in [3.05, 3.63) is 0 Å². The van der Waals surface area contributed by atoms with Gasteiger partial charge in [-0.05, 0) is 32.2 Å². The van der Waals surface area contributed by atoms with Crippen LogP contribution in [0.2, 0.25) is 0 Å². The Balaban J connectivity index is 1.44. The molecule has 2 N–H and O–H groups in total. The van der Waals surface area contributed by atoms with Gasteiger partial charge in [0, 0.05) is 31.1 Å². The molecule has 0 aromatic rings. The monoisotopic (exact) mass is 251 g/mol. The van der Waals surface area contributed by atoms with Gasteiger partial charge in [0.25, 0.3) is 0 Å². The van der Waals surface area contributed by atoms with Crippen molar-refractivity contribution >= 4 is 6.03 Å². The SMILES string of the molecule is O=C(N[C@H]1CCCNC1)N1CC2(CCCCC2)C1. The Hall–Kier alpha value is -0.770. The lowest BCUT2D eigenvalue weighted by atomic mass is 9.69. The van der Waals surface area contributed by atoms with Gasteiger partial charge in [-0.25, -0.2) is 4.79 Å². The highest BCUT2D eigenvalue weighted by Gasteiger charge is 2.45. The van der Waals surface area contributed by atoms with E-state index in [2.05, 4.69) is 10.6 Å². The highest BCUT2D eigenvalue weighted by molar-refractivity contribution is 5.75. The van der Waals surface area contributed by atoms with Crippen molar-refractivity contribution in [3.8, 4) is 0 Å². The minimum absolute atomic E-state index is 0.167. The van der Waals surface area contributed by atoms with Crippen molar-refractivity contribution in [3.63, 3.8) is 0 Å². The molecule has 1 aliphatic carbocycles. The quantitative estimate of drug-likeness (QED) is 0.745. The van der Waals surface area contributed by atoms with Gasteiger partial charge in [-0.3, -0.25) is 0 Å². The maximum Gasteiger partial charge on any atom is 0.317 e. The van der Waals surface area contributed by atoms with Gasteiger partial charge in [0.2, 0.25) is 0 Å². The van der Waals surface area contributed by atoms with Crippen LogP contribution in [0.5, 0.6) is 0 Å². The summed E-state index contributed by atoms with van der Waals surface area (Å²) in [5.74, 6) is 0. The Morgan fingerprint density at radius 3 is 2.61 bits per heavy atom. The van der Waals surface area contributed by atoms with Crippen LogP contribution in [0.3, 0.4) is 0 Å². The fourth-order valence-corrected chi connectivity index (χ4v) is 3.77. The second kappa shape index (κ2) is 5.08. The first-order valence-corrected chi connectivity index (χ1v) is 7.54. The number of hydrogen-bond acceptors (Lipinski definition) is 2. The van der Waals surface area contributed by atoms with Crippen LogP contribution in [0.25, 0.3) is 0 Å². The van der Waals surface area contributed by atoms with Crippen molar-refractivity contribution < 1.29 is 4.79 Å². The van der Waals surface area contributed by atoms with Gasteiger partial charge < -0.3 is 15.5 Å². The summed E-state index contributed by atoms with van der Waals surface area (Å²) in [7, 11) is 0. The van der Waals surface area contributed by atoms with Gasteiger partial charge in [-0.2, -0.15) is 0 Å². The van der Waals surface area contributed by atoms with E-state index in [1.54, 1.807) is 0 Å². The van der Waals surface area contributed by atoms with Crippen molar-refractivity contribution in [2.75, 3.05) is 26.2 Å². The number of nitrogens with zero attached hydrogens (tertiary/aromatic N) is 1. The maximum absolute atomic E-state index is 12.1. The molecule has 3 rings (SSSR count). The standard InChI is InChI=1S/C14H25N3O/c18-13(16-12-5-4-8-15-9-12)17-10-14(11-17)6-2-1-3-7-14/h12,15H,1-11H2,(H,16,18)/t12-/m0/s1. The second-order valence-electron chi connectivity index (χ2n) is 6.41. The lowest BCUT2D eigenvalue weighted by Gasteiger charge is -2.52. The molecule has 4 heteroatoms. The number of hydrogen-bond donors (Lipinski definition) is 2. The number of urea groups is 1. The van der Waals surface area contributed by atoms with Crippen molar-refractivity contribution in [2.45, 2.75) is 51.0 Å². The van der Waals surface area contributed by atoms with Gasteiger partial charge in [-0.1, -0.05) is 19.3 Å². The van der Waals surface area contributed by atoms with E-state index in [0.29, 0.717) is 11.5 Å². The van der Waals surface area contributed by atoms with Gasteiger partial charge in [0.1, 0.15) is 0 Å². The highest BCUT2D eigenvalue weighted by atomic mass is 16.2. The largest absolute Gasteiger partial charge is 0.334 e. The van der Waals surface area contributed by atoms with Crippen molar-refractivity contribution in [1.82, 2.24) is 15.5 Å². The van der Waals surface area contributed by atoms with Crippen LogP contribution in [0, 0.1) is 5.41 Å². The number of nitrogens with one attached hydrogen (secondary N) is 2. The Kier molecular flexibility index (Phi) is 3.46. The molecule has 2 saturated heterocycles. The molecule has 0 radical (unpaired) electrons. The molecule has 2 amide bonds. The van der Waals surface area contributed by atoms with Gasteiger partial charge in [0.05, 0.1) is 0 Å². The minimum atomic E-state index is 0.167. The molecule has 3 fully saturated rings. The first-order chi connectivity index (χ1) is 8.77.